The molecule has 0 spiro atoms. The number of fused-ring (bicyclic) bond motifs is 1. The Labute approximate surface area is 178 Å². The molecule has 8 nitrogen and oxygen atoms in total. The Kier molecular flexibility index (Phi) is 7.04. The quantitative estimate of drug-likeness (QED) is 0.393. The summed E-state index contributed by atoms with van der Waals surface area (Å²) in [5, 5.41) is 0.270. The highest BCUT2D eigenvalue weighted by Crippen LogP contribution is 2.27. The lowest BCUT2D eigenvalue weighted by Gasteiger charge is -2.10. The maximum atomic E-state index is 12.9. The highest BCUT2D eigenvalue weighted by molar-refractivity contribution is 5.89. The molecule has 1 heterocycles. The van der Waals surface area contributed by atoms with Crippen LogP contribution in [0, 0.1) is 6.92 Å². The number of hydrogen-bond donors (Lipinski definition) is 0. The number of carbonyl (C=O) groups excluding carboxylic acids is 2. The largest absolute Gasteiger partial charge is 0.462 e. The van der Waals surface area contributed by atoms with Crippen molar-refractivity contribution in [2.75, 3.05) is 20.3 Å². The number of aryl methyl sites for hydroxylation is 1. The van der Waals surface area contributed by atoms with Crippen LogP contribution >= 0.6 is 0 Å². The Hall–Kier alpha value is -3.65. The Morgan fingerprint density at radius 1 is 1.03 bits per heavy atom. The molecule has 0 N–H and O–H groups in total. The zero-order valence-electron chi connectivity index (χ0n) is 17.4. The molecule has 2 aromatic carbocycles. The molecule has 0 saturated carbocycles. The summed E-state index contributed by atoms with van der Waals surface area (Å²) >= 11 is 0. The van der Waals surface area contributed by atoms with Crippen molar-refractivity contribution in [3.05, 3.63) is 64.0 Å². The van der Waals surface area contributed by atoms with Gasteiger partial charge in [0.2, 0.25) is 11.2 Å². The SMILES string of the molecule is CCCOC(=O)c1ccc(Oc2c(C)oc3cc(OC(=O)COC)ccc3c2=O)cc1. The first-order valence-electron chi connectivity index (χ1n) is 9.65. The monoisotopic (exact) mass is 426 g/mol. The molecule has 0 atom stereocenters. The van der Waals surface area contributed by atoms with Crippen LogP contribution in [0.15, 0.2) is 51.7 Å². The van der Waals surface area contributed by atoms with E-state index in [4.69, 9.17) is 23.4 Å². The lowest BCUT2D eigenvalue weighted by atomic mass is 10.2. The lowest BCUT2D eigenvalue weighted by molar-refractivity contribution is -0.138. The van der Waals surface area contributed by atoms with Crippen LogP contribution in [-0.2, 0) is 14.3 Å². The van der Waals surface area contributed by atoms with Crippen LogP contribution in [0.2, 0.25) is 0 Å². The zero-order chi connectivity index (χ0) is 22.4. The van der Waals surface area contributed by atoms with Gasteiger partial charge in [-0.05, 0) is 49.7 Å². The summed E-state index contributed by atoms with van der Waals surface area (Å²) in [6, 6.07) is 10.7. The molecule has 0 unspecified atom stereocenters. The molecule has 162 valence electrons. The number of rotatable bonds is 8. The van der Waals surface area contributed by atoms with Crippen LogP contribution in [0.5, 0.6) is 17.2 Å². The highest BCUT2D eigenvalue weighted by atomic mass is 16.6. The van der Waals surface area contributed by atoms with Crippen molar-refractivity contribution in [3.63, 3.8) is 0 Å². The number of esters is 2. The zero-order valence-corrected chi connectivity index (χ0v) is 17.4. The van der Waals surface area contributed by atoms with Gasteiger partial charge in [0.25, 0.3) is 0 Å². The number of benzene rings is 2. The minimum absolute atomic E-state index is 0.0259. The molecule has 0 radical (unpaired) electrons. The van der Waals surface area contributed by atoms with E-state index in [1.165, 1.54) is 25.3 Å². The van der Waals surface area contributed by atoms with E-state index < -0.39 is 11.9 Å². The van der Waals surface area contributed by atoms with Gasteiger partial charge in [-0.2, -0.15) is 0 Å². The van der Waals surface area contributed by atoms with Crippen molar-refractivity contribution in [1.29, 1.82) is 0 Å². The molecular weight excluding hydrogens is 404 g/mol. The average molecular weight is 426 g/mol. The second kappa shape index (κ2) is 9.90. The standard InChI is InChI=1S/C23H22O8/c1-4-11-28-23(26)15-5-7-16(8-6-15)31-22-14(2)29-19-12-17(30-20(24)13-27-3)9-10-18(19)21(22)25/h5-10,12H,4,11,13H2,1-3H3. The molecule has 0 aliphatic heterocycles. The van der Waals surface area contributed by atoms with Crippen LogP contribution in [0.25, 0.3) is 11.0 Å². The Morgan fingerprint density at radius 3 is 2.42 bits per heavy atom. The van der Waals surface area contributed by atoms with Gasteiger partial charge in [0.05, 0.1) is 17.6 Å². The molecule has 1 aromatic heterocycles. The van der Waals surface area contributed by atoms with E-state index in [1.807, 2.05) is 6.92 Å². The van der Waals surface area contributed by atoms with E-state index in [1.54, 1.807) is 31.2 Å². The number of hydrogen-bond acceptors (Lipinski definition) is 8. The van der Waals surface area contributed by atoms with E-state index in [-0.39, 0.29) is 40.3 Å². The Balaban J connectivity index is 1.83. The minimum Gasteiger partial charge on any atom is -0.462 e. The van der Waals surface area contributed by atoms with Crippen LogP contribution < -0.4 is 14.9 Å². The van der Waals surface area contributed by atoms with Gasteiger partial charge < -0.3 is 23.4 Å². The number of methoxy groups -OCH3 is 1. The fourth-order valence-corrected chi connectivity index (χ4v) is 2.78. The third-order valence-electron chi connectivity index (χ3n) is 4.23. The highest BCUT2D eigenvalue weighted by Gasteiger charge is 2.16. The van der Waals surface area contributed by atoms with Crippen molar-refractivity contribution in [3.8, 4) is 17.2 Å². The molecule has 0 fully saturated rings. The molecule has 0 aliphatic rings. The molecule has 0 saturated heterocycles. The van der Waals surface area contributed by atoms with Crippen LogP contribution in [0.3, 0.4) is 0 Å². The van der Waals surface area contributed by atoms with E-state index in [2.05, 4.69) is 0 Å². The summed E-state index contributed by atoms with van der Waals surface area (Å²) in [6.07, 6.45) is 0.737. The summed E-state index contributed by atoms with van der Waals surface area (Å²) in [6.45, 7) is 3.66. The van der Waals surface area contributed by atoms with E-state index in [0.29, 0.717) is 17.9 Å². The Morgan fingerprint density at radius 2 is 1.74 bits per heavy atom. The fraction of sp³-hybridized carbons (Fsp3) is 0.261. The molecule has 0 bridgehead atoms. The summed E-state index contributed by atoms with van der Waals surface area (Å²) in [5.41, 5.74) is 0.269. The number of carbonyl (C=O) groups is 2. The molecule has 3 rings (SSSR count). The molecule has 3 aromatic rings. The summed E-state index contributed by atoms with van der Waals surface area (Å²) in [4.78, 5) is 36.4. The van der Waals surface area contributed by atoms with Gasteiger partial charge in [0.1, 0.15) is 29.4 Å². The van der Waals surface area contributed by atoms with Gasteiger partial charge in [0, 0.05) is 13.2 Å². The van der Waals surface area contributed by atoms with Crippen LogP contribution in [0.1, 0.15) is 29.5 Å². The fourth-order valence-electron chi connectivity index (χ4n) is 2.78. The molecule has 0 aliphatic carbocycles. The maximum Gasteiger partial charge on any atom is 0.338 e. The topological polar surface area (TPSA) is 101 Å². The van der Waals surface area contributed by atoms with Gasteiger partial charge in [-0.25, -0.2) is 9.59 Å². The van der Waals surface area contributed by atoms with Crippen molar-refractivity contribution >= 4 is 22.9 Å². The predicted molar refractivity (Wildman–Crippen MR) is 112 cm³/mol. The van der Waals surface area contributed by atoms with E-state index in [9.17, 15) is 14.4 Å². The summed E-state index contributed by atoms with van der Waals surface area (Å²) < 4.78 is 26.4. The van der Waals surface area contributed by atoms with Gasteiger partial charge >= 0.3 is 11.9 Å². The van der Waals surface area contributed by atoms with Gasteiger partial charge in [-0.1, -0.05) is 6.92 Å². The molecule has 0 amide bonds. The summed E-state index contributed by atoms with van der Waals surface area (Å²) in [5.74, 6) is -0.106. The van der Waals surface area contributed by atoms with Gasteiger partial charge in [-0.3, -0.25) is 4.79 Å². The molecule has 31 heavy (non-hydrogen) atoms. The third kappa shape index (κ3) is 5.29. The average Bonchev–Trinajstić information content (AvgIpc) is 2.75. The first-order valence-corrected chi connectivity index (χ1v) is 9.65. The first kappa shape index (κ1) is 22.0. The maximum absolute atomic E-state index is 12.9. The Bertz CT molecular complexity index is 1140. The van der Waals surface area contributed by atoms with Crippen LogP contribution in [0.4, 0.5) is 0 Å². The van der Waals surface area contributed by atoms with E-state index >= 15 is 0 Å². The first-order chi connectivity index (χ1) is 14.9. The van der Waals surface area contributed by atoms with Gasteiger partial charge in [0.15, 0.2) is 0 Å². The summed E-state index contributed by atoms with van der Waals surface area (Å²) in [7, 11) is 1.39. The normalized spacial score (nSPS) is 10.7. The second-order valence-corrected chi connectivity index (χ2v) is 6.64. The smallest absolute Gasteiger partial charge is 0.338 e. The lowest BCUT2D eigenvalue weighted by Crippen LogP contribution is -2.14. The number of ether oxygens (including phenoxy) is 4. The molecule has 8 heteroatoms. The predicted octanol–water partition coefficient (Wildman–Crippen LogP) is 4.01. The molecular formula is C23H22O8. The third-order valence-corrected chi connectivity index (χ3v) is 4.23. The van der Waals surface area contributed by atoms with Crippen molar-refractivity contribution < 1.29 is 33.0 Å². The van der Waals surface area contributed by atoms with Crippen LogP contribution in [-0.4, -0.2) is 32.3 Å². The van der Waals surface area contributed by atoms with E-state index in [0.717, 1.165) is 6.42 Å². The minimum atomic E-state index is -0.567. The second-order valence-electron chi connectivity index (χ2n) is 6.64. The van der Waals surface area contributed by atoms with Crippen molar-refractivity contribution in [2.24, 2.45) is 0 Å². The van der Waals surface area contributed by atoms with Crippen molar-refractivity contribution in [1.82, 2.24) is 0 Å². The van der Waals surface area contributed by atoms with Crippen molar-refractivity contribution in [2.45, 2.75) is 20.3 Å². The van der Waals surface area contributed by atoms with Gasteiger partial charge in [-0.15, -0.1) is 0 Å².